The molecule has 0 aromatic heterocycles. The lowest BCUT2D eigenvalue weighted by atomic mass is 9.44. The van der Waals surface area contributed by atoms with Gasteiger partial charge < -0.3 is 64.1 Å². The zero-order chi connectivity index (χ0) is 59.1. The van der Waals surface area contributed by atoms with Crippen molar-refractivity contribution in [3.05, 3.63) is 119 Å². The van der Waals surface area contributed by atoms with Crippen LogP contribution in [-0.4, -0.2) is 153 Å². The van der Waals surface area contributed by atoms with Crippen molar-refractivity contribution in [2.75, 3.05) is 26.4 Å². The highest BCUT2D eigenvalue weighted by Gasteiger charge is 2.78. The van der Waals surface area contributed by atoms with Crippen LogP contribution in [-0.2, 0) is 62.0 Å². The predicted molar refractivity (Wildman–Crippen MR) is 282 cm³/mol. The summed E-state index contributed by atoms with van der Waals surface area (Å²) < 4.78 is 36.9. The topological polar surface area (TPSA) is 326 Å². The fraction of sp³-hybridized carbons (Fsp3) is 0.525. The number of ketones is 1. The first kappa shape index (κ1) is 61.7. The molecule has 438 valence electrons. The van der Waals surface area contributed by atoms with Gasteiger partial charge in [0.15, 0.2) is 17.5 Å². The molecule has 22 nitrogen and oxygen atoms in total. The molecule has 2 saturated carbocycles. The molecule has 3 aromatic rings. The van der Waals surface area contributed by atoms with Gasteiger partial charge >= 0.3 is 35.8 Å². The maximum atomic E-state index is 15.8. The normalized spacial score (nSPS) is 27.2. The van der Waals surface area contributed by atoms with Crippen molar-refractivity contribution in [2.45, 2.75) is 152 Å². The van der Waals surface area contributed by atoms with Crippen LogP contribution in [0.1, 0.15) is 125 Å². The van der Waals surface area contributed by atoms with Gasteiger partial charge in [-0.15, -0.1) is 5.48 Å². The molecular weight excluding hydrogens is 1060 g/mol. The van der Waals surface area contributed by atoms with Gasteiger partial charge in [0.2, 0.25) is 6.10 Å². The molecular formula is C59H72N2O20. The summed E-state index contributed by atoms with van der Waals surface area (Å²) in [6.45, 7) is 6.59. The van der Waals surface area contributed by atoms with Crippen LogP contribution in [0.2, 0.25) is 0 Å². The van der Waals surface area contributed by atoms with Crippen molar-refractivity contribution in [1.82, 2.24) is 10.8 Å². The molecule has 4 aliphatic rings. The van der Waals surface area contributed by atoms with E-state index in [0.717, 1.165) is 13.8 Å². The molecule has 7 N–H and O–H groups in total. The third-order valence-corrected chi connectivity index (χ3v) is 16.6. The Hall–Kier alpha value is -6.92. The highest BCUT2D eigenvalue weighted by atomic mass is 16.7. The minimum atomic E-state index is -2.53. The maximum Gasteiger partial charge on any atom is 0.350 e. The first-order valence-electron chi connectivity index (χ1n) is 26.9. The van der Waals surface area contributed by atoms with Gasteiger partial charge in [-0.2, -0.15) is 0 Å². The van der Waals surface area contributed by atoms with Crippen LogP contribution in [0.25, 0.3) is 0 Å². The van der Waals surface area contributed by atoms with E-state index in [4.69, 9.17) is 33.3 Å². The number of aliphatic hydroxyl groups is 5. The third-order valence-electron chi connectivity index (χ3n) is 16.6. The lowest BCUT2D eigenvalue weighted by molar-refractivity contribution is -0.346. The molecule has 7 rings (SSSR count). The number of hydroxylamine groups is 1. The Morgan fingerprint density at radius 3 is 1.88 bits per heavy atom. The fourth-order valence-corrected chi connectivity index (χ4v) is 12.2. The molecule has 81 heavy (non-hydrogen) atoms. The minimum absolute atomic E-state index is 0.00992. The molecule has 11 atom stereocenters. The highest BCUT2D eigenvalue weighted by molar-refractivity contribution is 5.96. The summed E-state index contributed by atoms with van der Waals surface area (Å²) in [6, 6.07) is 22.1. The van der Waals surface area contributed by atoms with E-state index in [-0.39, 0.29) is 92.8 Å². The number of fused-ring (bicyclic) bond motifs is 5. The molecule has 3 aliphatic carbocycles. The van der Waals surface area contributed by atoms with Crippen molar-refractivity contribution in [1.29, 1.82) is 0 Å². The summed E-state index contributed by atoms with van der Waals surface area (Å²) in [5, 5.41) is 58.0. The second-order valence-corrected chi connectivity index (χ2v) is 22.0. The standard InChI is InChI=1S/C59H72N2O20/c1-34-40(77-54(73)48(46(37-17-10-7-11-18-37)60-52(71)38-19-12-8-13-20-38)78-43(68)23-16-24-44(69)81-61-57(25-28-62,26-29-63)27-30-64)32-59(74)51(79-53(72)39-21-14-9-15-22-39)49-56(6,41(67)31-42-58(49,33-75-42)80-36(3)66)50(70)47(76-35(2)65)45(34)55(59,4)5/h7-15,17-22,40-42,46-49,51,61-64,67,74H,16,23-33H2,1-6H3,(H,60,71)/t40?,41-,42+,46?,47?,48?,49-,51-,56+,58-,59+/m0/s1. The van der Waals surface area contributed by atoms with Gasteiger partial charge in [-0.1, -0.05) is 80.6 Å². The molecule has 1 saturated heterocycles. The van der Waals surface area contributed by atoms with E-state index in [0.29, 0.717) is 0 Å². The van der Waals surface area contributed by atoms with Crippen LogP contribution in [0.15, 0.2) is 102 Å². The Balaban J connectivity index is 1.32. The SMILES string of the molecule is CC(=O)OC1C(=O)[C@@]2(C)[C@H]([C@H](OC(=O)c3ccccc3)[C@]3(O)CC(OC(=O)C(OC(=O)CCCC(=O)ONC(CCO)(CCO)CCO)C(NC(=O)c4ccccc4)c4ccccc4)C(C)=C1C3(C)C)[C@]1(OC(C)=O)CO[C@@H]1C[C@@H]2O. The summed E-state index contributed by atoms with van der Waals surface area (Å²) in [5.74, 6) is -9.29. The van der Waals surface area contributed by atoms with Crippen molar-refractivity contribution < 1.29 is 97.1 Å². The van der Waals surface area contributed by atoms with Crippen LogP contribution in [0, 0.1) is 16.7 Å². The number of hydrogen-bond donors (Lipinski definition) is 7. The number of benzene rings is 3. The number of ether oxygens (including phenoxy) is 6. The van der Waals surface area contributed by atoms with E-state index >= 15 is 9.59 Å². The molecule has 2 bridgehead atoms. The number of rotatable bonds is 23. The quantitative estimate of drug-likeness (QED) is 0.0310. The van der Waals surface area contributed by atoms with Gasteiger partial charge in [0.25, 0.3) is 5.91 Å². The average molecular weight is 1130 g/mol. The molecule has 1 amide bonds. The van der Waals surface area contributed by atoms with Crippen molar-refractivity contribution in [2.24, 2.45) is 16.7 Å². The molecule has 4 unspecified atom stereocenters. The van der Waals surface area contributed by atoms with Gasteiger partial charge in [0.05, 0.1) is 35.1 Å². The predicted octanol–water partition coefficient (Wildman–Crippen LogP) is 3.39. The number of hydrogen-bond acceptors (Lipinski definition) is 21. The molecule has 1 aliphatic heterocycles. The third kappa shape index (κ3) is 12.5. The number of aliphatic hydroxyl groups excluding tert-OH is 4. The molecule has 0 radical (unpaired) electrons. The van der Waals surface area contributed by atoms with Crippen LogP contribution in [0.4, 0.5) is 0 Å². The van der Waals surface area contributed by atoms with E-state index in [2.05, 4.69) is 10.8 Å². The number of carbonyl (C=O) groups is 8. The van der Waals surface area contributed by atoms with E-state index in [1.165, 1.54) is 52.0 Å². The van der Waals surface area contributed by atoms with Crippen molar-refractivity contribution in [3.63, 3.8) is 0 Å². The summed E-state index contributed by atoms with van der Waals surface area (Å²) in [7, 11) is 0. The first-order valence-corrected chi connectivity index (χ1v) is 26.9. The Morgan fingerprint density at radius 2 is 1.33 bits per heavy atom. The van der Waals surface area contributed by atoms with E-state index in [9.17, 15) is 54.3 Å². The van der Waals surface area contributed by atoms with E-state index in [1.54, 1.807) is 66.7 Å². The van der Waals surface area contributed by atoms with Crippen LogP contribution >= 0.6 is 0 Å². The summed E-state index contributed by atoms with van der Waals surface area (Å²) in [5.41, 5.74) is -6.54. The zero-order valence-corrected chi connectivity index (χ0v) is 46.1. The van der Waals surface area contributed by atoms with Crippen LogP contribution in [0.5, 0.6) is 0 Å². The Labute approximate surface area is 468 Å². The smallest absolute Gasteiger partial charge is 0.350 e. The molecule has 1 heterocycles. The second-order valence-electron chi connectivity index (χ2n) is 22.0. The van der Waals surface area contributed by atoms with Gasteiger partial charge in [-0.25, -0.2) is 9.59 Å². The minimum Gasteiger partial charge on any atom is -0.455 e. The van der Waals surface area contributed by atoms with E-state index in [1.807, 2.05) is 0 Å². The largest absolute Gasteiger partial charge is 0.455 e. The maximum absolute atomic E-state index is 15.8. The van der Waals surface area contributed by atoms with Gasteiger partial charge in [0, 0.05) is 70.3 Å². The summed E-state index contributed by atoms with van der Waals surface area (Å²) >= 11 is 0. The fourth-order valence-electron chi connectivity index (χ4n) is 12.2. The number of Topliss-reactive ketones (excluding diaryl/α,β-unsaturated/α-hetero) is 1. The monoisotopic (exact) mass is 1130 g/mol. The summed E-state index contributed by atoms with van der Waals surface area (Å²) in [6.07, 6.45) is -12.3. The molecule has 0 spiro atoms. The average Bonchev–Trinajstić information content (AvgIpc) is 2.26. The van der Waals surface area contributed by atoms with Gasteiger partial charge in [-0.05, 0) is 80.5 Å². The Bertz CT molecular complexity index is 2810. The van der Waals surface area contributed by atoms with E-state index < -0.39 is 137 Å². The number of nitrogens with one attached hydrogen (secondary N) is 2. The number of amides is 1. The second kappa shape index (κ2) is 25.5. The Kier molecular flexibility index (Phi) is 19.4. The number of carbonyl (C=O) groups excluding carboxylic acids is 8. The lowest BCUT2D eigenvalue weighted by Crippen LogP contribution is -2.82. The van der Waals surface area contributed by atoms with Gasteiger partial charge in [0.1, 0.15) is 30.0 Å². The van der Waals surface area contributed by atoms with Crippen molar-refractivity contribution in [3.8, 4) is 0 Å². The lowest BCUT2D eigenvalue weighted by Gasteiger charge is -2.67. The van der Waals surface area contributed by atoms with Crippen molar-refractivity contribution >= 4 is 47.5 Å². The molecule has 3 fully saturated rings. The first-order chi connectivity index (χ1) is 38.4. The Morgan fingerprint density at radius 1 is 0.765 bits per heavy atom. The number of esters is 5. The van der Waals surface area contributed by atoms with Crippen LogP contribution in [0.3, 0.4) is 0 Å². The zero-order valence-electron chi connectivity index (χ0n) is 46.1. The van der Waals surface area contributed by atoms with Gasteiger partial charge in [-0.3, -0.25) is 28.8 Å². The molecule has 3 aromatic carbocycles. The highest BCUT2D eigenvalue weighted by Crippen LogP contribution is 2.64. The van der Waals surface area contributed by atoms with Crippen LogP contribution < -0.4 is 10.8 Å². The molecule has 22 heteroatoms. The summed E-state index contributed by atoms with van der Waals surface area (Å²) in [4.78, 5) is 119.